The molecule has 2 aliphatic carbocycles. The molecule has 2 fully saturated rings. The van der Waals surface area contributed by atoms with Gasteiger partial charge >= 0.3 is 0 Å². The number of nitrogens with one attached hydrogen (secondary N) is 1. The average Bonchev–Trinajstić information content (AvgIpc) is 2.89. The molecular formula is C16H28N2. The van der Waals surface area contributed by atoms with Crippen LogP contribution in [0.4, 0.5) is 0 Å². The van der Waals surface area contributed by atoms with Crippen molar-refractivity contribution in [3.8, 4) is 0 Å². The van der Waals surface area contributed by atoms with Gasteiger partial charge in [0.1, 0.15) is 0 Å². The van der Waals surface area contributed by atoms with Crippen molar-refractivity contribution in [1.82, 2.24) is 5.32 Å². The number of hydrogen-bond acceptors (Lipinski definition) is 2. The first-order valence-electron chi connectivity index (χ1n) is 8.23. The van der Waals surface area contributed by atoms with Crippen LogP contribution < -0.4 is 5.32 Å². The number of hydrogen-bond donors (Lipinski definition) is 1. The topological polar surface area (TPSA) is 24.4 Å². The molecule has 2 saturated carbocycles. The zero-order chi connectivity index (χ0) is 12.2. The van der Waals surface area contributed by atoms with Crippen LogP contribution in [-0.4, -0.2) is 18.4 Å². The first-order valence-corrected chi connectivity index (χ1v) is 8.23. The predicted molar refractivity (Wildman–Crippen MR) is 77.0 cm³/mol. The molecule has 0 aromatic carbocycles. The van der Waals surface area contributed by atoms with Crippen molar-refractivity contribution in [2.24, 2.45) is 16.8 Å². The van der Waals surface area contributed by atoms with Crippen LogP contribution in [-0.2, 0) is 0 Å². The van der Waals surface area contributed by atoms with Gasteiger partial charge in [-0.15, -0.1) is 0 Å². The van der Waals surface area contributed by atoms with Crippen LogP contribution in [0.2, 0.25) is 0 Å². The molecule has 102 valence electrons. The van der Waals surface area contributed by atoms with E-state index in [1.807, 2.05) is 0 Å². The summed E-state index contributed by atoms with van der Waals surface area (Å²) in [6.45, 7) is 1.06. The molecule has 0 aromatic heterocycles. The highest BCUT2D eigenvalue weighted by Crippen LogP contribution is 2.39. The molecule has 1 N–H and O–H groups in total. The fourth-order valence-electron chi connectivity index (χ4n) is 4.32. The quantitative estimate of drug-likeness (QED) is 0.787. The van der Waals surface area contributed by atoms with Crippen molar-refractivity contribution in [3.05, 3.63) is 0 Å². The van der Waals surface area contributed by atoms with E-state index in [1.54, 1.807) is 0 Å². The van der Waals surface area contributed by atoms with E-state index in [1.165, 1.54) is 76.5 Å². The first-order chi connectivity index (χ1) is 8.93. The maximum absolute atomic E-state index is 4.68. The van der Waals surface area contributed by atoms with Crippen LogP contribution in [0.3, 0.4) is 0 Å². The summed E-state index contributed by atoms with van der Waals surface area (Å²) in [4.78, 5) is 4.68. The van der Waals surface area contributed by atoms with Crippen molar-refractivity contribution < 1.29 is 0 Å². The van der Waals surface area contributed by atoms with Crippen LogP contribution in [0.1, 0.15) is 70.6 Å². The highest BCUT2D eigenvalue weighted by Gasteiger charge is 2.34. The molecule has 18 heavy (non-hydrogen) atoms. The van der Waals surface area contributed by atoms with E-state index >= 15 is 0 Å². The molecule has 0 spiro atoms. The number of nitrogens with zero attached hydrogens (tertiary/aromatic N) is 1. The number of aliphatic imine (C=N–C) groups is 1. The van der Waals surface area contributed by atoms with Gasteiger partial charge in [-0.2, -0.15) is 0 Å². The van der Waals surface area contributed by atoms with Crippen molar-refractivity contribution in [3.63, 3.8) is 0 Å². The minimum absolute atomic E-state index is 0.755. The summed E-state index contributed by atoms with van der Waals surface area (Å²) in [5.74, 6) is 3.30. The maximum atomic E-state index is 4.68. The summed E-state index contributed by atoms with van der Waals surface area (Å²) in [6, 6.07) is 0.755. The second-order valence-electron chi connectivity index (χ2n) is 6.53. The predicted octanol–water partition coefficient (Wildman–Crippen LogP) is 3.91. The second kappa shape index (κ2) is 6.08. The van der Waals surface area contributed by atoms with Crippen molar-refractivity contribution >= 4 is 5.84 Å². The molecule has 2 nitrogen and oxygen atoms in total. The monoisotopic (exact) mass is 248 g/mol. The van der Waals surface area contributed by atoms with Gasteiger partial charge in [-0.25, -0.2) is 0 Å². The lowest BCUT2D eigenvalue weighted by atomic mass is 9.77. The third kappa shape index (κ3) is 2.89. The van der Waals surface area contributed by atoms with E-state index in [-0.39, 0.29) is 0 Å². The van der Waals surface area contributed by atoms with Gasteiger partial charge in [0.15, 0.2) is 0 Å². The van der Waals surface area contributed by atoms with Crippen molar-refractivity contribution in [2.45, 2.75) is 76.7 Å². The number of rotatable bonds is 2. The Labute approximate surface area is 112 Å². The normalized spacial score (nSPS) is 34.3. The lowest BCUT2D eigenvalue weighted by Gasteiger charge is -2.33. The Morgan fingerprint density at radius 1 is 0.833 bits per heavy atom. The highest BCUT2D eigenvalue weighted by molar-refractivity contribution is 5.82. The van der Waals surface area contributed by atoms with Gasteiger partial charge in [0, 0.05) is 19.0 Å². The number of amidine groups is 1. The lowest BCUT2D eigenvalue weighted by molar-refractivity contribution is 0.226. The summed E-state index contributed by atoms with van der Waals surface area (Å²) in [5.41, 5.74) is 0. The van der Waals surface area contributed by atoms with Crippen molar-refractivity contribution in [1.29, 1.82) is 0 Å². The fourth-order valence-corrected chi connectivity index (χ4v) is 4.32. The average molecular weight is 248 g/mol. The molecule has 0 aromatic rings. The Hall–Kier alpha value is -0.530. The fraction of sp³-hybridized carbons (Fsp3) is 0.938. The summed E-state index contributed by atoms with van der Waals surface area (Å²) < 4.78 is 0. The second-order valence-corrected chi connectivity index (χ2v) is 6.53. The van der Waals surface area contributed by atoms with E-state index in [4.69, 9.17) is 0 Å². The molecule has 2 unspecified atom stereocenters. The molecular weight excluding hydrogens is 220 g/mol. The van der Waals surface area contributed by atoms with Crippen LogP contribution in [0.15, 0.2) is 4.99 Å². The van der Waals surface area contributed by atoms with Crippen molar-refractivity contribution in [2.75, 3.05) is 6.54 Å². The summed E-state index contributed by atoms with van der Waals surface area (Å²) >= 11 is 0. The third-order valence-electron chi connectivity index (χ3n) is 5.30. The summed E-state index contributed by atoms with van der Waals surface area (Å²) in [5, 5.41) is 3.82. The molecule has 3 aliphatic rings. The van der Waals surface area contributed by atoms with E-state index < -0.39 is 0 Å². The van der Waals surface area contributed by atoms with Crippen LogP contribution in [0.25, 0.3) is 0 Å². The van der Waals surface area contributed by atoms with Gasteiger partial charge in [-0.1, -0.05) is 38.5 Å². The van der Waals surface area contributed by atoms with E-state index in [2.05, 4.69) is 10.3 Å². The third-order valence-corrected chi connectivity index (χ3v) is 5.30. The minimum Gasteiger partial charge on any atom is -0.371 e. The lowest BCUT2D eigenvalue weighted by Crippen LogP contribution is -2.41. The molecule has 0 saturated heterocycles. The van der Waals surface area contributed by atoms with E-state index in [9.17, 15) is 0 Å². The van der Waals surface area contributed by atoms with Gasteiger partial charge in [-0.3, -0.25) is 4.99 Å². The zero-order valence-corrected chi connectivity index (χ0v) is 11.7. The van der Waals surface area contributed by atoms with Gasteiger partial charge < -0.3 is 5.32 Å². The van der Waals surface area contributed by atoms with Crippen LogP contribution in [0.5, 0.6) is 0 Å². The molecule has 1 heterocycles. The molecule has 1 aliphatic heterocycles. The zero-order valence-electron chi connectivity index (χ0n) is 11.7. The Bertz CT molecular complexity index is 291. The van der Waals surface area contributed by atoms with Gasteiger partial charge in [0.2, 0.25) is 0 Å². The van der Waals surface area contributed by atoms with Crippen LogP contribution >= 0.6 is 0 Å². The summed E-state index contributed by atoms with van der Waals surface area (Å²) in [6.07, 6.45) is 15.6. The Balaban J connectivity index is 1.58. The molecule has 2 heteroatoms. The van der Waals surface area contributed by atoms with Gasteiger partial charge in [0.05, 0.1) is 5.84 Å². The first kappa shape index (κ1) is 12.5. The Morgan fingerprint density at radius 2 is 1.72 bits per heavy atom. The molecule has 0 bridgehead atoms. The van der Waals surface area contributed by atoms with E-state index in [0.29, 0.717) is 0 Å². The van der Waals surface area contributed by atoms with Gasteiger partial charge in [-0.05, 0) is 37.5 Å². The summed E-state index contributed by atoms with van der Waals surface area (Å²) in [7, 11) is 0. The Morgan fingerprint density at radius 3 is 2.50 bits per heavy atom. The largest absolute Gasteiger partial charge is 0.371 e. The smallest absolute Gasteiger partial charge is 0.0965 e. The standard InChI is InChI=1S/C16H28N2/c1-2-7-13(8-3-1)14-9-6-10-15(14)18-16-11-4-5-12-17-16/h13-15H,1-12H2,(H,17,18). The maximum Gasteiger partial charge on any atom is 0.0965 e. The minimum atomic E-state index is 0.755. The highest BCUT2D eigenvalue weighted by atomic mass is 15.0. The van der Waals surface area contributed by atoms with Gasteiger partial charge in [0.25, 0.3) is 0 Å². The molecule has 0 amide bonds. The molecule has 0 radical (unpaired) electrons. The molecule has 3 rings (SSSR count). The van der Waals surface area contributed by atoms with Crippen LogP contribution in [0, 0.1) is 11.8 Å². The van der Waals surface area contributed by atoms with E-state index in [0.717, 1.165) is 24.4 Å². The Kier molecular flexibility index (Phi) is 4.22. The SMILES string of the molecule is C1CCC(C2CCCC2NC2=NCCCC2)CC1. The molecule has 2 atom stereocenters.